The maximum atomic E-state index is 14.8. The van der Waals surface area contributed by atoms with Gasteiger partial charge in [-0.3, -0.25) is 9.59 Å². The van der Waals surface area contributed by atoms with Crippen molar-refractivity contribution in [3.05, 3.63) is 53.6 Å². The third-order valence-corrected chi connectivity index (χ3v) is 4.99. The molecular weight excluding hydrogens is 364 g/mol. The summed E-state index contributed by atoms with van der Waals surface area (Å²) in [6.45, 7) is 3.65. The molecular formula is C21H23F2N3O2. The third-order valence-electron chi connectivity index (χ3n) is 4.99. The van der Waals surface area contributed by atoms with Crippen LogP contribution in [0.3, 0.4) is 0 Å². The van der Waals surface area contributed by atoms with Crippen molar-refractivity contribution in [2.24, 2.45) is 11.7 Å². The molecule has 1 aliphatic rings. The minimum absolute atomic E-state index is 0.0834. The van der Waals surface area contributed by atoms with Crippen molar-refractivity contribution < 1.29 is 18.4 Å². The number of hydrogen-bond acceptors (Lipinski definition) is 3. The molecule has 0 radical (unpaired) electrons. The van der Waals surface area contributed by atoms with Crippen molar-refractivity contribution in [3.8, 4) is 11.1 Å². The Bertz CT molecular complexity index is 915. The first-order valence-corrected chi connectivity index (χ1v) is 9.19. The molecule has 1 aliphatic heterocycles. The largest absolute Gasteiger partial charge is 0.356 e. The fourth-order valence-corrected chi connectivity index (χ4v) is 3.39. The van der Waals surface area contributed by atoms with Crippen molar-refractivity contribution in [1.82, 2.24) is 5.32 Å². The van der Waals surface area contributed by atoms with Gasteiger partial charge in [-0.25, -0.2) is 8.78 Å². The molecule has 0 bridgehead atoms. The SMILES string of the molecule is CC(=O)NC[C@@H]1CCN(c2ccc(-c3cccc(C(C)N)c3)c(F)c2F)C1=O. The second-order valence-electron chi connectivity index (χ2n) is 7.09. The molecule has 0 aliphatic carbocycles. The molecule has 1 unspecified atom stereocenters. The molecule has 1 fully saturated rings. The number of nitrogens with one attached hydrogen (secondary N) is 1. The lowest BCUT2D eigenvalue weighted by molar-refractivity contribution is -0.121. The van der Waals surface area contributed by atoms with Gasteiger partial charge in [-0.15, -0.1) is 0 Å². The Kier molecular flexibility index (Phi) is 5.74. The minimum Gasteiger partial charge on any atom is -0.356 e. The smallest absolute Gasteiger partial charge is 0.232 e. The van der Waals surface area contributed by atoms with E-state index in [-0.39, 0.29) is 42.2 Å². The van der Waals surface area contributed by atoms with E-state index in [9.17, 15) is 18.4 Å². The highest BCUT2D eigenvalue weighted by Gasteiger charge is 2.34. The van der Waals surface area contributed by atoms with Gasteiger partial charge in [0.05, 0.1) is 11.6 Å². The number of anilines is 1. The summed E-state index contributed by atoms with van der Waals surface area (Å²) in [6.07, 6.45) is 0.471. The van der Waals surface area contributed by atoms with Crippen LogP contribution >= 0.6 is 0 Å². The van der Waals surface area contributed by atoms with Gasteiger partial charge in [-0.1, -0.05) is 18.2 Å². The molecule has 2 aromatic rings. The lowest BCUT2D eigenvalue weighted by atomic mass is 9.99. The van der Waals surface area contributed by atoms with E-state index < -0.39 is 17.6 Å². The van der Waals surface area contributed by atoms with Gasteiger partial charge in [0.1, 0.15) is 0 Å². The predicted octanol–water partition coefficient (Wildman–Crippen LogP) is 3.14. The number of halogens is 2. The van der Waals surface area contributed by atoms with Gasteiger partial charge in [0, 0.05) is 31.6 Å². The zero-order chi connectivity index (χ0) is 20.4. The van der Waals surface area contributed by atoms with Gasteiger partial charge in [0.2, 0.25) is 11.8 Å². The first kappa shape index (κ1) is 19.9. The minimum atomic E-state index is -1.06. The van der Waals surface area contributed by atoms with Crippen molar-refractivity contribution in [1.29, 1.82) is 0 Å². The standard InChI is InChI=1S/C21H23F2N3O2/c1-12(24)14-4-3-5-15(10-14)17-6-7-18(20(23)19(17)22)26-9-8-16(21(26)28)11-25-13(2)27/h3-7,10,12,16H,8-9,11,24H2,1-2H3,(H,25,27)/t12?,16-/m0/s1. The van der Waals surface area contributed by atoms with E-state index in [0.29, 0.717) is 12.0 Å². The summed E-state index contributed by atoms with van der Waals surface area (Å²) in [6, 6.07) is 9.66. The van der Waals surface area contributed by atoms with Crippen LogP contribution in [-0.2, 0) is 9.59 Å². The first-order chi connectivity index (χ1) is 13.3. The fraction of sp³-hybridized carbons (Fsp3) is 0.333. The lowest BCUT2D eigenvalue weighted by Gasteiger charge is -2.19. The molecule has 5 nitrogen and oxygen atoms in total. The molecule has 7 heteroatoms. The summed E-state index contributed by atoms with van der Waals surface area (Å²) in [5, 5.41) is 2.60. The Morgan fingerprint density at radius 3 is 2.71 bits per heavy atom. The van der Waals surface area contributed by atoms with Crippen molar-refractivity contribution in [2.75, 3.05) is 18.0 Å². The Hall–Kier alpha value is -2.80. The van der Waals surface area contributed by atoms with Crippen LogP contribution in [-0.4, -0.2) is 24.9 Å². The highest BCUT2D eigenvalue weighted by Crippen LogP contribution is 2.34. The summed E-state index contributed by atoms with van der Waals surface area (Å²) in [7, 11) is 0. The third kappa shape index (κ3) is 3.89. The van der Waals surface area contributed by atoms with E-state index >= 15 is 0 Å². The van der Waals surface area contributed by atoms with Gasteiger partial charge in [0.25, 0.3) is 0 Å². The van der Waals surface area contributed by atoms with E-state index in [1.807, 2.05) is 13.0 Å². The second kappa shape index (κ2) is 8.06. The number of carbonyl (C=O) groups excluding carboxylic acids is 2. The van der Waals surface area contributed by atoms with Crippen LogP contribution in [0.25, 0.3) is 11.1 Å². The number of hydrogen-bond donors (Lipinski definition) is 2. The maximum absolute atomic E-state index is 14.8. The average molecular weight is 387 g/mol. The molecule has 28 heavy (non-hydrogen) atoms. The molecule has 1 saturated heterocycles. The number of carbonyl (C=O) groups is 2. The summed E-state index contributed by atoms with van der Waals surface area (Å²) in [5.41, 5.74) is 7.24. The van der Waals surface area contributed by atoms with Gasteiger partial charge in [-0.05, 0) is 42.7 Å². The zero-order valence-electron chi connectivity index (χ0n) is 15.8. The van der Waals surface area contributed by atoms with Crippen molar-refractivity contribution in [2.45, 2.75) is 26.3 Å². The van der Waals surface area contributed by atoms with Crippen LogP contribution in [0.2, 0.25) is 0 Å². The van der Waals surface area contributed by atoms with Gasteiger partial charge >= 0.3 is 0 Å². The molecule has 2 amide bonds. The lowest BCUT2D eigenvalue weighted by Crippen LogP contribution is -2.34. The average Bonchev–Trinajstić information content (AvgIpc) is 3.02. The molecule has 0 saturated carbocycles. The van der Waals surface area contributed by atoms with Crippen LogP contribution < -0.4 is 16.0 Å². The van der Waals surface area contributed by atoms with Crippen molar-refractivity contribution >= 4 is 17.5 Å². The monoisotopic (exact) mass is 387 g/mol. The van der Waals surface area contributed by atoms with E-state index in [1.165, 1.54) is 24.0 Å². The van der Waals surface area contributed by atoms with Crippen LogP contribution in [0, 0.1) is 17.6 Å². The highest BCUT2D eigenvalue weighted by molar-refractivity contribution is 5.98. The summed E-state index contributed by atoms with van der Waals surface area (Å²) in [4.78, 5) is 24.8. The molecule has 2 aromatic carbocycles. The van der Waals surface area contributed by atoms with Crippen LogP contribution in [0.5, 0.6) is 0 Å². The van der Waals surface area contributed by atoms with E-state index in [2.05, 4.69) is 5.32 Å². The molecule has 2 atom stereocenters. The topological polar surface area (TPSA) is 75.4 Å². The number of rotatable bonds is 5. The number of amides is 2. The van der Waals surface area contributed by atoms with Gasteiger partial charge in [-0.2, -0.15) is 0 Å². The number of nitrogens with two attached hydrogens (primary N) is 1. The maximum Gasteiger partial charge on any atom is 0.232 e. The molecule has 0 spiro atoms. The van der Waals surface area contributed by atoms with Crippen LogP contribution in [0.4, 0.5) is 14.5 Å². The van der Waals surface area contributed by atoms with Crippen LogP contribution in [0.15, 0.2) is 36.4 Å². The Balaban J connectivity index is 1.88. The quantitative estimate of drug-likeness (QED) is 0.828. The van der Waals surface area contributed by atoms with E-state index in [0.717, 1.165) is 5.56 Å². The summed E-state index contributed by atoms with van der Waals surface area (Å²) in [5.74, 6) is -3.05. The van der Waals surface area contributed by atoms with Crippen molar-refractivity contribution in [3.63, 3.8) is 0 Å². The number of nitrogens with zero attached hydrogens (tertiary/aromatic N) is 1. The fourth-order valence-electron chi connectivity index (χ4n) is 3.39. The van der Waals surface area contributed by atoms with E-state index in [1.54, 1.807) is 18.2 Å². The summed E-state index contributed by atoms with van der Waals surface area (Å²) >= 11 is 0. The Morgan fingerprint density at radius 2 is 2.04 bits per heavy atom. The highest BCUT2D eigenvalue weighted by atomic mass is 19.2. The molecule has 148 valence electrons. The Labute approximate surface area is 162 Å². The molecule has 1 heterocycles. The van der Waals surface area contributed by atoms with E-state index in [4.69, 9.17) is 5.73 Å². The molecule has 3 rings (SSSR count). The summed E-state index contributed by atoms with van der Waals surface area (Å²) < 4.78 is 29.6. The first-order valence-electron chi connectivity index (χ1n) is 9.19. The zero-order valence-corrected chi connectivity index (χ0v) is 15.8. The Morgan fingerprint density at radius 1 is 1.29 bits per heavy atom. The second-order valence-corrected chi connectivity index (χ2v) is 7.09. The molecule has 3 N–H and O–H groups in total. The molecule has 0 aromatic heterocycles. The normalized spacial score (nSPS) is 17.7. The van der Waals surface area contributed by atoms with Gasteiger partial charge < -0.3 is 16.0 Å². The van der Waals surface area contributed by atoms with Crippen LogP contribution in [0.1, 0.15) is 31.9 Å². The number of benzene rings is 2. The van der Waals surface area contributed by atoms with Gasteiger partial charge in [0.15, 0.2) is 11.6 Å². The predicted molar refractivity (Wildman–Crippen MR) is 104 cm³/mol.